The van der Waals surface area contributed by atoms with Gasteiger partial charge in [-0.15, -0.1) is 0 Å². The minimum atomic E-state index is -0.948. The average Bonchev–Trinajstić information content (AvgIpc) is 2.30. The van der Waals surface area contributed by atoms with E-state index in [4.69, 9.17) is 15.9 Å². The van der Waals surface area contributed by atoms with Gasteiger partial charge >= 0.3 is 11.9 Å². The van der Waals surface area contributed by atoms with Crippen molar-refractivity contribution in [3.63, 3.8) is 0 Å². The summed E-state index contributed by atoms with van der Waals surface area (Å²) in [6, 6.07) is 0. The summed E-state index contributed by atoms with van der Waals surface area (Å²) in [7, 11) is 0. The van der Waals surface area contributed by atoms with Gasteiger partial charge in [0.2, 0.25) is 0 Å². The lowest BCUT2D eigenvalue weighted by Crippen LogP contribution is -2.12. The average molecular weight is 255 g/mol. The molecule has 1 aromatic heterocycles. The first-order valence-corrected chi connectivity index (χ1v) is 4.93. The van der Waals surface area contributed by atoms with E-state index >= 15 is 0 Å². The molecule has 0 radical (unpaired) electrons. The Kier molecular flexibility index (Phi) is 7.42. The van der Waals surface area contributed by atoms with Gasteiger partial charge in [-0.2, -0.15) is 0 Å². The number of aromatic nitrogens is 2. The van der Waals surface area contributed by atoms with E-state index < -0.39 is 17.8 Å². The van der Waals surface area contributed by atoms with Gasteiger partial charge in [0, 0.05) is 25.2 Å². The van der Waals surface area contributed by atoms with Gasteiger partial charge in [-0.05, 0) is 6.42 Å². The minimum absolute atomic E-state index is 0.0632. The molecule has 1 heterocycles. The summed E-state index contributed by atoms with van der Waals surface area (Å²) >= 11 is 0. The highest BCUT2D eigenvalue weighted by Crippen LogP contribution is 1.93. The molecule has 0 saturated heterocycles. The number of carboxylic acids is 2. The van der Waals surface area contributed by atoms with Crippen LogP contribution in [0.15, 0.2) is 18.6 Å². The number of hydrogen-bond donors (Lipinski definition) is 3. The third-order valence-corrected chi connectivity index (χ3v) is 1.60. The number of nitrogens with two attached hydrogens (primary N) is 1. The largest absolute Gasteiger partial charge is 0.481 e. The van der Waals surface area contributed by atoms with Crippen molar-refractivity contribution in [3.8, 4) is 0 Å². The van der Waals surface area contributed by atoms with Crippen molar-refractivity contribution in [2.45, 2.75) is 19.3 Å². The topological polar surface area (TPSA) is 143 Å². The molecular weight excluding hydrogens is 242 g/mol. The molecule has 0 spiro atoms. The van der Waals surface area contributed by atoms with Crippen LogP contribution in [-0.4, -0.2) is 38.0 Å². The van der Waals surface area contributed by atoms with Crippen LogP contribution >= 0.6 is 0 Å². The van der Waals surface area contributed by atoms with E-state index in [0.717, 1.165) is 0 Å². The molecule has 0 aromatic carbocycles. The molecule has 1 aromatic rings. The lowest BCUT2D eigenvalue weighted by Gasteiger charge is -1.89. The first-order valence-electron chi connectivity index (χ1n) is 4.93. The highest BCUT2D eigenvalue weighted by molar-refractivity contribution is 5.90. The summed E-state index contributed by atoms with van der Waals surface area (Å²) in [4.78, 5) is 37.2. The van der Waals surface area contributed by atoms with Crippen molar-refractivity contribution in [1.82, 2.24) is 9.97 Å². The van der Waals surface area contributed by atoms with Gasteiger partial charge in [0.1, 0.15) is 5.69 Å². The van der Waals surface area contributed by atoms with Gasteiger partial charge in [0.15, 0.2) is 0 Å². The van der Waals surface area contributed by atoms with E-state index in [2.05, 4.69) is 9.97 Å². The minimum Gasteiger partial charge on any atom is -0.481 e. The Balaban J connectivity index is 0.000000321. The molecule has 0 atom stereocenters. The SMILES string of the molecule is NC(=O)c1cnccn1.O=C(O)CCCC(=O)O. The lowest BCUT2D eigenvalue weighted by molar-refractivity contribution is -0.138. The Labute approximate surface area is 102 Å². The van der Waals surface area contributed by atoms with Crippen molar-refractivity contribution in [2.75, 3.05) is 0 Å². The number of nitrogens with zero attached hydrogens (tertiary/aromatic N) is 2. The fourth-order valence-electron chi connectivity index (χ4n) is 0.817. The molecule has 0 unspecified atom stereocenters. The summed E-state index contributed by atoms with van der Waals surface area (Å²) in [5, 5.41) is 16.1. The first kappa shape index (κ1) is 15.5. The second-order valence-electron chi connectivity index (χ2n) is 3.10. The van der Waals surface area contributed by atoms with Gasteiger partial charge in [0.05, 0.1) is 6.20 Å². The molecule has 0 saturated carbocycles. The maximum absolute atomic E-state index is 10.3. The van der Waals surface area contributed by atoms with Gasteiger partial charge in [0.25, 0.3) is 5.91 Å². The van der Waals surface area contributed by atoms with E-state index in [1.54, 1.807) is 0 Å². The van der Waals surface area contributed by atoms with Crippen molar-refractivity contribution in [1.29, 1.82) is 0 Å². The van der Waals surface area contributed by atoms with E-state index in [1.165, 1.54) is 18.6 Å². The summed E-state index contributed by atoms with van der Waals surface area (Å²) in [5.41, 5.74) is 5.06. The number of carboxylic acid groups (broad SMARTS) is 2. The predicted molar refractivity (Wildman–Crippen MR) is 59.7 cm³/mol. The van der Waals surface area contributed by atoms with Gasteiger partial charge in [-0.1, -0.05) is 0 Å². The molecule has 1 amide bonds. The molecule has 4 N–H and O–H groups in total. The second-order valence-corrected chi connectivity index (χ2v) is 3.10. The molecule has 8 heteroatoms. The molecule has 1 rings (SSSR count). The number of aliphatic carboxylic acids is 2. The third kappa shape index (κ3) is 8.77. The summed E-state index contributed by atoms with van der Waals surface area (Å²) in [6.07, 6.45) is 4.30. The first-order chi connectivity index (χ1) is 8.43. The highest BCUT2D eigenvalue weighted by atomic mass is 16.4. The predicted octanol–water partition coefficient (Wildman–Crippen LogP) is -0.0986. The van der Waals surface area contributed by atoms with Crippen LogP contribution in [0.4, 0.5) is 0 Å². The Morgan fingerprint density at radius 2 is 1.67 bits per heavy atom. The van der Waals surface area contributed by atoms with E-state index in [1.807, 2.05) is 0 Å². The third-order valence-electron chi connectivity index (χ3n) is 1.60. The van der Waals surface area contributed by atoms with Crippen LogP contribution in [0.5, 0.6) is 0 Å². The zero-order valence-corrected chi connectivity index (χ0v) is 9.44. The fourth-order valence-corrected chi connectivity index (χ4v) is 0.817. The second kappa shape index (κ2) is 8.62. The van der Waals surface area contributed by atoms with Crippen LogP contribution < -0.4 is 5.73 Å². The smallest absolute Gasteiger partial charge is 0.303 e. The normalized spacial score (nSPS) is 8.89. The molecule has 18 heavy (non-hydrogen) atoms. The molecule has 8 nitrogen and oxygen atoms in total. The quantitative estimate of drug-likeness (QED) is 0.666. The van der Waals surface area contributed by atoms with Crippen LogP contribution in [0, 0.1) is 0 Å². The lowest BCUT2D eigenvalue weighted by atomic mass is 10.2. The molecule has 0 bridgehead atoms. The van der Waals surface area contributed by atoms with E-state index in [0.29, 0.717) is 0 Å². The fraction of sp³-hybridized carbons (Fsp3) is 0.300. The number of amides is 1. The maximum Gasteiger partial charge on any atom is 0.303 e. The van der Waals surface area contributed by atoms with Crippen LogP contribution in [0.2, 0.25) is 0 Å². The summed E-state index contributed by atoms with van der Waals surface area (Å²) < 4.78 is 0. The van der Waals surface area contributed by atoms with E-state index in [9.17, 15) is 14.4 Å². The van der Waals surface area contributed by atoms with Crippen LogP contribution in [0.25, 0.3) is 0 Å². The van der Waals surface area contributed by atoms with Crippen LogP contribution in [-0.2, 0) is 9.59 Å². The van der Waals surface area contributed by atoms with Crippen molar-refractivity contribution in [3.05, 3.63) is 24.3 Å². The van der Waals surface area contributed by atoms with Crippen molar-refractivity contribution >= 4 is 17.8 Å². The molecule has 0 aliphatic heterocycles. The number of hydrogen-bond acceptors (Lipinski definition) is 5. The Morgan fingerprint density at radius 3 is 1.94 bits per heavy atom. The zero-order valence-electron chi connectivity index (χ0n) is 9.44. The molecule has 0 aliphatic rings. The maximum atomic E-state index is 10.3. The number of rotatable bonds is 5. The monoisotopic (exact) mass is 255 g/mol. The Hall–Kier alpha value is -2.51. The number of primary amides is 1. The van der Waals surface area contributed by atoms with E-state index in [-0.39, 0.29) is 25.0 Å². The van der Waals surface area contributed by atoms with Gasteiger partial charge in [-0.3, -0.25) is 19.4 Å². The highest BCUT2D eigenvalue weighted by Gasteiger charge is 1.99. The zero-order chi connectivity index (χ0) is 14.0. The number of carbonyl (C=O) groups is 3. The van der Waals surface area contributed by atoms with Crippen molar-refractivity contribution < 1.29 is 24.6 Å². The molecule has 98 valence electrons. The molecular formula is C10H13N3O5. The van der Waals surface area contributed by atoms with Gasteiger partial charge in [-0.25, -0.2) is 4.98 Å². The molecule has 0 fully saturated rings. The van der Waals surface area contributed by atoms with Crippen LogP contribution in [0.1, 0.15) is 29.8 Å². The standard InChI is InChI=1S/C5H5N3O.C5H8O4/c6-5(9)4-3-7-1-2-8-4;6-4(7)2-1-3-5(8)9/h1-3H,(H2,6,9);1-3H2,(H,6,7)(H,8,9). The molecule has 0 aliphatic carbocycles. The Morgan fingerprint density at radius 1 is 1.11 bits per heavy atom. The van der Waals surface area contributed by atoms with Crippen molar-refractivity contribution in [2.24, 2.45) is 5.73 Å². The summed E-state index contributed by atoms with van der Waals surface area (Å²) in [5.74, 6) is -2.45. The number of carbonyl (C=O) groups excluding carboxylic acids is 1. The Bertz CT molecular complexity index is 393. The van der Waals surface area contributed by atoms with Crippen LogP contribution in [0.3, 0.4) is 0 Å². The van der Waals surface area contributed by atoms with Gasteiger partial charge < -0.3 is 15.9 Å². The summed E-state index contributed by atoms with van der Waals surface area (Å²) in [6.45, 7) is 0.